The molecule has 3 rings (SSSR count). The molecule has 0 saturated carbocycles. The molecule has 0 aliphatic carbocycles. The van der Waals surface area contributed by atoms with E-state index in [2.05, 4.69) is 30.1 Å². The highest BCUT2D eigenvalue weighted by atomic mass is 32.1. The molecule has 0 aliphatic rings. The number of hydrogen-bond donors (Lipinski definition) is 1. The van der Waals surface area contributed by atoms with Crippen LogP contribution >= 0.6 is 11.3 Å². The third kappa shape index (κ3) is 2.66. The summed E-state index contributed by atoms with van der Waals surface area (Å²) in [5.41, 5.74) is 3.35. The van der Waals surface area contributed by atoms with Crippen molar-refractivity contribution >= 4 is 21.6 Å². The summed E-state index contributed by atoms with van der Waals surface area (Å²) in [4.78, 5) is 4.66. The van der Waals surface area contributed by atoms with Crippen LogP contribution in [0.2, 0.25) is 0 Å². The lowest BCUT2D eigenvalue weighted by Crippen LogP contribution is -2.00. The van der Waals surface area contributed by atoms with Crippen LogP contribution in [-0.2, 0) is 0 Å². The van der Waals surface area contributed by atoms with Crippen LogP contribution in [0.3, 0.4) is 0 Å². The van der Waals surface area contributed by atoms with E-state index < -0.39 is 0 Å². The molecule has 1 N–H and O–H groups in total. The summed E-state index contributed by atoms with van der Waals surface area (Å²) in [6.07, 6.45) is 0. The molecule has 20 heavy (non-hydrogen) atoms. The van der Waals surface area contributed by atoms with E-state index in [1.54, 1.807) is 11.3 Å². The van der Waals surface area contributed by atoms with Gasteiger partial charge in [-0.2, -0.15) is 0 Å². The first kappa shape index (κ1) is 13.1. The first-order valence-corrected chi connectivity index (χ1v) is 7.29. The van der Waals surface area contributed by atoms with E-state index in [4.69, 9.17) is 9.84 Å². The Labute approximate surface area is 121 Å². The van der Waals surface area contributed by atoms with Crippen LogP contribution in [0.15, 0.2) is 42.5 Å². The van der Waals surface area contributed by atoms with Gasteiger partial charge in [-0.1, -0.05) is 23.8 Å². The molecule has 0 unspecified atom stereocenters. The molecule has 3 nitrogen and oxygen atoms in total. The molecule has 0 radical (unpaired) electrons. The number of nitrogens with zero attached hydrogens (tertiary/aromatic N) is 1. The number of rotatable bonds is 4. The molecule has 0 spiro atoms. The summed E-state index contributed by atoms with van der Waals surface area (Å²) >= 11 is 1.65. The van der Waals surface area contributed by atoms with E-state index in [1.165, 1.54) is 5.56 Å². The average Bonchev–Trinajstić information content (AvgIpc) is 2.88. The lowest BCUT2D eigenvalue weighted by molar-refractivity contribution is 0.201. The maximum absolute atomic E-state index is 8.78. The fraction of sp³-hybridized carbons (Fsp3) is 0.188. The van der Waals surface area contributed by atoms with Crippen molar-refractivity contribution < 1.29 is 9.84 Å². The molecule has 2 aromatic carbocycles. The number of aromatic nitrogens is 1. The van der Waals surface area contributed by atoms with Crippen LogP contribution in [-0.4, -0.2) is 23.3 Å². The van der Waals surface area contributed by atoms with Crippen molar-refractivity contribution in [1.29, 1.82) is 0 Å². The average molecular weight is 285 g/mol. The molecular formula is C16H15NO2S. The predicted molar refractivity (Wildman–Crippen MR) is 82.4 cm³/mol. The summed E-state index contributed by atoms with van der Waals surface area (Å²) < 4.78 is 6.52. The van der Waals surface area contributed by atoms with Crippen molar-refractivity contribution in [3.05, 3.63) is 48.0 Å². The summed E-state index contributed by atoms with van der Waals surface area (Å²) in [6, 6.07) is 14.2. The van der Waals surface area contributed by atoms with E-state index in [1.807, 2.05) is 24.3 Å². The predicted octanol–water partition coefficient (Wildman–Crippen LogP) is 3.64. The molecule has 1 aromatic heterocycles. The monoisotopic (exact) mass is 285 g/mol. The molecular weight excluding hydrogens is 270 g/mol. The topological polar surface area (TPSA) is 42.4 Å². The number of aliphatic hydroxyl groups is 1. The molecule has 0 amide bonds. The van der Waals surface area contributed by atoms with Crippen molar-refractivity contribution in [2.75, 3.05) is 13.2 Å². The Hall–Kier alpha value is -1.91. The van der Waals surface area contributed by atoms with Gasteiger partial charge < -0.3 is 9.84 Å². The summed E-state index contributed by atoms with van der Waals surface area (Å²) in [5.74, 6) is 0.769. The SMILES string of the molecule is Cc1cccc(-c2nc3ccc(OCCO)cc3s2)c1. The Bertz CT molecular complexity index is 736. The zero-order chi connectivity index (χ0) is 13.9. The molecule has 0 bridgehead atoms. The second kappa shape index (κ2) is 5.61. The smallest absolute Gasteiger partial charge is 0.124 e. The standard InChI is InChI=1S/C16H15NO2S/c1-11-3-2-4-12(9-11)16-17-14-6-5-13(19-8-7-18)10-15(14)20-16/h2-6,9-10,18H,7-8H2,1H3. The Morgan fingerprint density at radius 1 is 1.20 bits per heavy atom. The molecule has 4 heteroatoms. The van der Waals surface area contributed by atoms with Gasteiger partial charge in [0.1, 0.15) is 17.4 Å². The first-order chi connectivity index (χ1) is 9.76. The van der Waals surface area contributed by atoms with Crippen LogP contribution in [0.4, 0.5) is 0 Å². The zero-order valence-electron chi connectivity index (χ0n) is 11.2. The molecule has 3 aromatic rings. The van der Waals surface area contributed by atoms with Crippen molar-refractivity contribution in [2.24, 2.45) is 0 Å². The van der Waals surface area contributed by atoms with Gasteiger partial charge >= 0.3 is 0 Å². The first-order valence-electron chi connectivity index (χ1n) is 6.47. The third-order valence-electron chi connectivity index (χ3n) is 2.98. The zero-order valence-corrected chi connectivity index (χ0v) is 12.0. The lowest BCUT2D eigenvalue weighted by atomic mass is 10.1. The van der Waals surface area contributed by atoms with Crippen molar-refractivity contribution in [3.8, 4) is 16.3 Å². The fourth-order valence-electron chi connectivity index (χ4n) is 2.06. The van der Waals surface area contributed by atoms with E-state index in [9.17, 15) is 0 Å². The third-order valence-corrected chi connectivity index (χ3v) is 4.05. The maximum atomic E-state index is 8.78. The van der Waals surface area contributed by atoms with Gasteiger partial charge in [-0.15, -0.1) is 11.3 Å². The van der Waals surface area contributed by atoms with E-state index in [-0.39, 0.29) is 6.61 Å². The lowest BCUT2D eigenvalue weighted by Gasteiger charge is -2.02. The van der Waals surface area contributed by atoms with Crippen molar-refractivity contribution in [1.82, 2.24) is 4.98 Å². The normalized spacial score (nSPS) is 10.9. The Morgan fingerprint density at radius 3 is 2.90 bits per heavy atom. The fourth-order valence-corrected chi connectivity index (χ4v) is 3.05. The second-order valence-electron chi connectivity index (χ2n) is 4.59. The summed E-state index contributed by atoms with van der Waals surface area (Å²) in [6.45, 7) is 2.42. The minimum absolute atomic E-state index is 0.0231. The van der Waals surface area contributed by atoms with Gasteiger partial charge in [0.25, 0.3) is 0 Å². The van der Waals surface area contributed by atoms with Crippen LogP contribution in [0.5, 0.6) is 5.75 Å². The maximum Gasteiger partial charge on any atom is 0.124 e. The number of fused-ring (bicyclic) bond motifs is 1. The number of hydrogen-bond acceptors (Lipinski definition) is 4. The van der Waals surface area contributed by atoms with Gasteiger partial charge in [0.15, 0.2) is 0 Å². The summed E-state index contributed by atoms with van der Waals surface area (Å²) in [5, 5.41) is 9.80. The van der Waals surface area contributed by atoms with E-state index in [0.717, 1.165) is 26.5 Å². The number of aryl methyl sites for hydroxylation is 1. The van der Waals surface area contributed by atoms with Crippen LogP contribution < -0.4 is 4.74 Å². The minimum Gasteiger partial charge on any atom is -0.491 e. The highest BCUT2D eigenvalue weighted by Crippen LogP contribution is 2.32. The highest BCUT2D eigenvalue weighted by Gasteiger charge is 2.07. The number of thiazole rings is 1. The van der Waals surface area contributed by atoms with Crippen LogP contribution in [0, 0.1) is 6.92 Å². The Kier molecular flexibility index (Phi) is 3.67. The molecule has 0 saturated heterocycles. The van der Waals surface area contributed by atoms with Gasteiger partial charge in [-0.05, 0) is 31.2 Å². The molecule has 0 fully saturated rings. The Balaban J connectivity index is 1.98. The minimum atomic E-state index is 0.0231. The number of aliphatic hydroxyl groups excluding tert-OH is 1. The van der Waals surface area contributed by atoms with Crippen molar-refractivity contribution in [3.63, 3.8) is 0 Å². The van der Waals surface area contributed by atoms with Gasteiger partial charge in [-0.25, -0.2) is 4.98 Å². The van der Waals surface area contributed by atoms with Crippen LogP contribution in [0.25, 0.3) is 20.8 Å². The van der Waals surface area contributed by atoms with Gasteiger partial charge in [0.2, 0.25) is 0 Å². The van der Waals surface area contributed by atoms with Crippen molar-refractivity contribution in [2.45, 2.75) is 6.92 Å². The number of benzene rings is 2. The quantitative estimate of drug-likeness (QED) is 0.795. The molecule has 1 heterocycles. The Morgan fingerprint density at radius 2 is 2.10 bits per heavy atom. The van der Waals surface area contributed by atoms with E-state index in [0.29, 0.717) is 6.61 Å². The van der Waals surface area contributed by atoms with Crippen LogP contribution in [0.1, 0.15) is 5.56 Å². The molecule has 0 atom stereocenters. The number of ether oxygens (including phenoxy) is 1. The molecule has 102 valence electrons. The molecule has 0 aliphatic heterocycles. The largest absolute Gasteiger partial charge is 0.491 e. The second-order valence-corrected chi connectivity index (χ2v) is 5.62. The highest BCUT2D eigenvalue weighted by molar-refractivity contribution is 7.21. The summed E-state index contributed by atoms with van der Waals surface area (Å²) in [7, 11) is 0. The van der Waals surface area contributed by atoms with E-state index >= 15 is 0 Å². The van der Waals surface area contributed by atoms with Gasteiger partial charge in [0.05, 0.1) is 16.8 Å². The van der Waals surface area contributed by atoms with Gasteiger partial charge in [-0.3, -0.25) is 0 Å². The van der Waals surface area contributed by atoms with Gasteiger partial charge in [0, 0.05) is 5.56 Å².